The number of nitriles is 1. The van der Waals surface area contributed by atoms with Crippen LogP contribution in [0.2, 0.25) is 0 Å². The van der Waals surface area contributed by atoms with Crippen LogP contribution in [0.5, 0.6) is 0 Å². The first-order chi connectivity index (χ1) is 14.4. The van der Waals surface area contributed by atoms with Crippen LogP contribution in [-0.4, -0.2) is 61.0 Å². The predicted octanol–water partition coefficient (Wildman–Crippen LogP) is 0.389. The number of hydrogen-bond acceptors (Lipinski definition) is 10. The summed E-state index contributed by atoms with van der Waals surface area (Å²) >= 11 is 0. The van der Waals surface area contributed by atoms with Gasteiger partial charge in [-0.2, -0.15) is 10.4 Å². The Morgan fingerprint density at radius 2 is 2.10 bits per heavy atom. The molecule has 5 atom stereocenters. The molecule has 11 nitrogen and oxygen atoms in total. The molecule has 1 saturated heterocycles. The highest BCUT2D eigenvalue weighted by molar-refractivity contribution is 5.66. The largest absolute Gasteiger partial charge is 0.509 e. The molecule has 0 aromatic carbocycles. The SMILES string of the molecule is N#C[C@@]1(c2ccc3c(N)ncnn23)O[C@@H]2C(OC(=O)OC3CCCCC3)[C@]2(O)[C@H]1O. The summed E-state index contributed by atoms with van der Waals surface area (Å²) in [5, 5.41) is 35.7. The molecular formula is C19H21N5O6. The molecule has 2 aromatic heterocycles. The van der Waals surface area contributed by atoms with Crippen molar-refractivity contribution in [2.75, 3.05) is 5.73 Å². The lowest BCUT2D eigenvalue weighted by molar-refractivity contribution is -0.115. The Kier molecular flexibility index (Phi) is 4.15. The van der Waals surface area contributed by atoms with Crippen molar-refractivity contribution < 1.29 is 29.2 Å². The van der Waals surface area contributed by atoms with Crippen LogP contribution in [0.3, 0.4) is 0 Å². The normalized spacial score (nSPS) is 35.6. The molecule has 3 aliphatic rings. The molecule has 3 fully saturated rings. The Labute approximate surface area is 171 Å². The van der Waals surface area contributed by atoms with Gasteiger partial charge in [0.2, 0.25) is 5.60 Å². The number of rotatable bonds is 3. The average molecular weight is 415 g/mol. The fraction of sp³-hybridized carbons (Fsp3) is 0.579. The summed E-state index contributed by atoms with van der Waals surface area (Å²) in [4.78, 5) is 16.0. The van der Waals surface area contributed by atoms with Gasteiger partial charge in [0.15, 0.2) is 17.5 Å². The molecule has 0 radical (unpaired) electrons. The van der Waals surface area contributed by atoms with Gasteiger partial charge in [0.1, 0.15) is 36.2 Å². The van der Waals surface area contributed by atoms with Gasteiger partial charge in [-0.1, -0.05) is 6.42 Å². The van der Waals surface area contributed by atoms with Crippen molar-refractivity contribution in [2.24, 2.45) is 0 Å². The van der Waals surface area contributed by atoms with Crippen LogP contribution in [0.15, 0.2) is 18.5 Å². The average Bonchev–Trinajstić information content (AvgIpc) is 3.05. The highest BCUT2D eigenvalue weighted by atomic mass is 16.8. The van der Waals surface area contributed by atoms with Crippen LogP contribution in [-0.2, 0) is 19.8 Å². The molecule has 30 heavy (non-hydrogen) atoms. The molecule has 2 saturated carbocycles. The molecule has 11 heteroatoms. The van der Waals surface area contributed by atoms with Gasteiger partial charge < -0.3 is 30.2 Å². The van der Waals surface area contributed by atoms with Crippen molar-refractivity contribution in [1.29, 1.82) is 5.26 Å². The molecule has 0 amide bonds. The molecule has 1 unspecified atom stereocenters. The number of hydrogen-bond donors (Lipinski definition) is 3. The third-order valence-electron chi connectivity index (χ3n) is 6.28. The number of carbonyl (C=O) groups is 1. The van der Waals surface area contributed by atoms with Crippen molar-refractivity contribution in [3.63, 3.8) is 0 Å². The lowest BCUT2D eigenvalue weighted by atomic mass is 9.90. The van der Waals surface area contributed by atoms with Gasteiger partial charge in [0, 0.05) is 0 Å². The number of aliphatic hydroxyl groups excluding tert-OH is 1. The minimum absolute atomic E-state index is 0.186. The Balaban J connectivity index is 1.35. The quantitative estimate of drug-likeness (QED) is 0.597. The summed E-state index contributed by atoms with van der Waals surface area (Å²) in [5.41, 5.74) is 2.59. The monoisotopic (exact) mass is 415 g/mol. The zero-order valence-corrected chi connectivity index (χ0v) is 16.0. The Morgan fingerprint density at radius 1 is 1.33 bits per heavy atom. The smallest absolute Gasteiger partial charge is 0.431 e. The van der Waals surface area contributed by atoms with E-state index in [2.05, 4.69) is 10.1 Å². The van der Waals surface area contributed by atoms with Gasteiger partial charge in [-0.25, -0.2) is 14.3 Å². The summed E-state index contributed by atoms with van der Waals surface area (Å²) < 4.78 is 17.6. The van der Waals surface area contributed by atoms with Gasteiger partial charge in [-0.05, 0) is 37.8 Å². The maximum Gasteiger partial charge on any atom is 0.509 e. The van der Waals surface area contributed by atoms with E-state index in [9.17, 15) is 20.3 Å². The van der Waals surface area contributed by atoms with Crippen LogP contribution in [0.4, 0.5) is 10.6 Å². The van der Waals surface area contributed by atoms with E-state index in [0.717, 1.165) is 32.1 Å². The lowest BCUT2D eigenvalue weighted by Gasteiger charge is -2.29. The fourth-order valence-electron chi connectivity index (χ4n) is 4.57. The first kappa shape index (κ1) is 19.0. The molecule has 5 rings (SSSR count). The molecule has 158 valence electrons. The van der Waals surface area contributed by atoms with Gasteiger partial charge in [0.25, 0.3) is 0 Å². The minimum Gasteiger partial charge on any atom is -0.431 e. The number of nitrogens with two attached hydrogens (primary N) is 1. The summed E-state index contributed by atoms with van der Waals surface area (Å²) in [6.07, 6.45) is 0.824. The molecule has 3 heterocycles. The minimum atomic E-state index is -1.93. The summed E-state index contributed by atoms with van der Waals surface area (Å²) in [6, 6.07) is 5.05. The second kappa shape index (κ2) is 6.53. The van der Waals surface area contributed by atoms with Gasteiger partial charge in [0.05, 0.1) is 5.69 Å². The molecule has 2 aliphatic carbocycles. The van der Waals surface area contributed by atoms with E-state index >= 15 is 0 Å². The number of fused-ring (bicyclic) bond motifs is 2. The number of nitrogen functional groups attached to an aromatic ring is 1. The van der Waals surface area contributed by atoms with Gasteiger partial charge in [-0.3, -0.25) is 0 Å². The number of anilines is 1. The van der Waals surface area contributed by atoms with E-state index in [-0.39, 0.29) is 17.6 Å². The van der Waals surface area contributed by atoms with E-state index in [4.69, 9.17) is 19.9 Å². The third-order valence-corrected chi connectivity index (χ3v) is 6.28. The Bertz CT molecular complexity index is 1050. The Morgan fingerprint density at radius 3 is 2.77 bits per heavy atom. The van der Waals surface area contributed by atoms with Gasteiger partial charge >= 0.3 is 6.16 Å². The number of carbonyl (C=O) groups excluding carboxylic acids is 1. The number of ether oxygens (including phenoxy) is 3. The Hall–Kier alpha value is -2.94. The highest BCUT2D eigenvalue weighted by Crippen LogP contribution is 2.59. The van der Waals surface area contributed by atoms with E-state index in [1.165, 1.54) is 16.9 Å². The fourth-order valence-corrected chi connectivity index (χ4v) is 4.57. The van der Waals surface area contributed by atoms with Crippen LogP contribution in [0.1, 0.15) is 37.8 Å². The van der Waals surface area contributed by atoms with E-state index in [1.54, 1.807) is 6.07 Å². The molecule has 4 N–H and O–H groups in total. The molecule has 0 spiro atoms. The zero-order chi connectivity index (χ0) is 21.1. The molecular weight excluding hydrogens is 394 g/mol. The molecule has 2 aromatic rings. The summed E-state index contributed by atoms with van der Waals surface area (Å²) in [7, 11) is 0. The molecule has 1 aliphatic heterocycles. The summed E-state index contributed by atoms with van der Waals surface area (Å²) in [6.45, 7) is 0. The maximum absolute atomic E-state index is 12.1. The van der Waals surface area contributed by atoms with Crippen molar-refractivity contribution in [1.82, 2.24) is 14.6 Å². The van der Waals surface area contributed by atoms with Gasteiger partial charge in [-0.15, -0.1) is 0 Å². The van der Waals surface area contributed by atoms with E-state index in [0.29, 0.717) is 5.52 Å². The first-order valence-electron chi connectivity index (χ1n) is 9.87. The zero-order valence-electron chi connectivity index (χ0n) is 16.0. The third kappa shape index (κ3) is 2.51. The van der Waals surface area contributed by atoms with Crippen molar-refractivity contribution in [3.05, 3.63) is 24.2 Å². The van der Waals surface area contributed by atoms with Crippen LogP contribution in [0, 0.1) is 11.3 Å². The van der Waals surface area contributed by atoms with E-state index < -0.39 is 35.7 Å². The van der Waals surface area contributed by atoms with Crippen molar-refractivity contribution >= 4 is 17.5 Å². The van der Waals surface area contributed by atoms with Crippen LogP contribution < -0.4 is 5.73 Å². The standard InChI is InChI=1S/C19H21N5O6/c20-8-18(12-7-6-11-15(21)22-9-23-24(11)12)16(25)19(27)13(14(19)30-18)29-17(26)28-10-4-2-1-3-5-10/h6-7,9-10,13-14,16,25,27H,1-5H2,(H2,21,22,23)/t13?,14-,16+,18+,19-/m1/s1. The lowest BCUT2D eigenvalue weighted by Crippen LogP contribution is -2.47. The van der Waals surface area contributed by atoms with Crippen LogP contribution in [0.25, 0.3) is 5.52 Å². The summed E-state index contributed by atoms with van der Waals surface area (Å²) in [5.74, 6) is 0.187. The number of nitrogens with zero attached hydrogens (tertiary/aromatic N) is 4. The van der Waals surface area contributed by atoms with Crippen molar-refractivity contribution in [2.45, 2.75) is 67.7 Å². The first-order valence-corrected chi connectivity index (χ1v) is 9.87. The topological polar surface area (TPSA) is 165 Å². The van der Waals surface area contributed by atoms with Crippen LogP contribution >= 0.6 is 0 Å². The van der Waals surface area contributed by atoms with E-state index in [1.807, 2.05) is 6.07 Å². The second-order valence-corrected chi connectivity index (χ2v) is 8.00. The maximum atomic E-state index is 12.1. The van der Waals surface area contributed by atoms with Crippen molar-refractivity contribution in [3.8, 4) is 6.07 Å². The second-order valence-electron chi connectivity index (χ2n) is 8.00. The number of aliphatic hydroxyl groups is 2. The molecule has 0 bridgehead atoms. The predicted molar refractivity (Wildman–Crippen MR) is 98.7 cm³/mol. The highest BCUT2D eigenvalue weighted by Gasteiger charge is 2.84. The number of aromatic nitrogens is 3.